The number of methoxy groups -OCH3 is 1. The second-order valence-electron chi connectivity index (χ2n) is 4.72. The van der Waals surface area contributed by atoms with E-state index in [1.54, 1.807) is 36.1 Å². The molecule has 5 nitrogen and oxygen atoms in total. The molecule has 3 rings (SSSR count). The van der Waals surface area contributed by atoms with Crippen LogP contribution >= 0.6 is 11.8 Å². The molecule has 0 N–H and O–H groups in total. The Morgan fingerprint density at radius 3 is 2.86 bits per heavy atom. The average molecular weight is 313 g/mol. The van der Waals surface area contributed by atoms with Gasteiger partial charge >= 0.3 is 0 Å². The van der Waals surface area contributed by atoms with Crippen molar-refractivity contribution in [3.63, 3.8) is 0 Å². The Bertz CT molecular complexity index is 862. The molecule has 0 spiro atoms. The second-order valence-corrected chi connectivity index (χ2v) is 5.68. The van der Waals surface area contributed by atoms with Crippen LogP contribution in [0.5, 0.6) is 5.75 Å². The Hall–Kier alpha value is -2.34. The molecule has 0 bridgehead atoms. The van der Waals surface area contributed by atoms with Crippen LogP contribution in [0.25, 0.3) is 10.9 Å². The molecule has 0 aliphatic heterocycles. The number of benzene rings is 1. The maximum absolute atomic E-state index is 12.7. The minimum Gasteiger partial charge on any atom is -0.497 e. The van der Waals surface area contributed by atoms with Gasteiger partial charge in [0.2, 0.25) is 0 Å². The molecule has 0 fully saturated rings. The van der Waals surface area contributed by atoms with Crippen LogP contribution in [0.15, 0.2) is 52.4 Å². The normalized spacial score (nSPS) is 10.8. The molecule has 0 unspecified atom stereocenters. The lowest BCUT2D eigenvalue weighted by Gasteiger charge is -2.10. The maximum atomic E-state index is 12.7. The van der Waals surface area contributed by atoms with E-state index in [4.69, 9.17) is 4.74 Å². The zero-order chi connectivity index (χ0) is 15.5. The first-order valence-electron chi connectivity index (χ1n) is 6.78. The first kappa shape index (κ1) is 14.6. The third-order valence-corrected chi connectivity index (χ3v) is 4.26. The second kappa shape index (κ2) is 6.19. The van der Waals surface area contributed by atoms with Gasteiger partial charge in [0, 0.05) is 6.20 Å². The number of hydrogen-bond donors (Lipinski definition) is 0. The maximum Gasteiger partial charge on any atom is 0.262 e. The molecule has 1 aromatic carbocycles. The highest BCUT2D eigenvalue weighted by molar-refractivity contribution is 7.98. The lowest BCUT2D eigenvalue weighted by molar-refractivity contribution is 0.415. The molecule has 0 saturated carbocycles. The van der Waals surface area contributed by atoms with Gasteiger partial charge in [-0.2, -0.15) is 0 Å². The van der Waals surface area contributed by atoms with Crippen LogP contribution in [0.4, 0.5) is 0 Å². The van der Waals surface area contributed by atoms with Crippen LogP contribution in [-0.2, 0) is 5.88 Å². The summed E-state index contributed by atoms with van der Waals surface area (Å²) in [6.07, 6.45) is 1.74. The summed E-state index contributed by atoms with van der Waals surface area (Å²) in [5.41, 5.74) is 0.618. The molecule has 0 saturated heterocycles. The molecule has 3 aromatic rings. The smallest absolute Gasteiger partial charge is 0.262 e. The van der Waals surface area contributed by atoms with E-state index >= 15 is 0 Å². The van der Waals surface area contributed by atoms with E-state index in [9.17, 15) is 4.79 Å². The van der Waals surface area contributed by atoms with Crippen molar-refractivity contribution in [2.24, 2.45) is 0 Å². The highest BCUT2D eigenvalue weighted by Crippen LogP contribution is 2.19. The largest absolute Gasteiger partial charge is 0.497 e. The fraction of sp³-hybridized carbons (Fsp3) is 0.188. The summed E-state index contributed by atoms with van der Waals surface area (Å²) in [7, 11) is 1.58. The topological polar surface area (TPSA) is 57.0 Å². The monoisotopic (exact) mass is 313 g/mol. The highest BCUT2D eigenvalue weighted by Gasteiger charge is 2.09. The molecule has 0 radical (unpaired) electrons. The minimum atomic E-state index is -0.0650. The van der Waals surface area contributed by atoms with Gasteiger partial charge in [-0.1, -0.05) is 17.8 Å². The Balaban J connectivity index is 2.00. The number of rotatable bonds is 4. The van der Waals surface area contributed by atoms with Gasteiger partial charge in [0.15, 0.2) is 0 Å². The van der Waals surface area contributed by atoms with Crippen molar-refractivity contribution in [3.8, 4) is 5.75 Å². The van der Waals surface area contributed by atoms with E-state index in [1.165, 1.54) is 11.8 Å². The Morgan fingerprint density at radius 1 is 1.27 bits per heavy atom. The molecule has 0 amide bonds. The Morgan fingerprint density at radius 2 is 2.14 bits per heavy atom. The van der Waals surface area contributed by atoms with Gasteiger partial charge in [-0.25, -0.2) is 9.97 Å². The van der Waals surface area contributed by atoms with Crippen molar-refractivity contribution < 1.29 is 4.74 Å². The van der Waals surface area contributed by atoms with Crippen molar-refractivity contribution in [3.05, 3.63) is 58.8 Å². The molecule has 0 aliphatic rings. The quantitative estimate of drug-likeness (QED) is 0.693. The number of aromatic nitrogens is 3. The molecular weight excluding hydrogens is 298 g/mol. The Labute approximate surface area is 132 Å². The predicted octanol–water partition coefficient (Wildman–Crippen LogP) is 2.86. The van der Waals surface area contributed by atoms with Crippen molar-refractivity contribution in [2.75, 3.05) is 7.11 Å². The van der Waals surface area contributed by atoms with Gasteiger partial charge in [-0.3, -0.25) is 9.36 Å². The van der Waals surface area contributed by atoms with Crippen LogP contribution in [-0.4, -0.2) is 21.6 Å². The molecule has 112 valence electrons. The standard InChI is InChI=1S/C16H15N3O2S/c1-11-18-14-7-6-12(21-2)9-13(14)16(20)19(11)10-22-15-5-3-4-8-17-15/h3-9H,10H2,1-2H3. The summed E-state index contributed by atoms with van der Waals surface area (Å²) in [6.45, 7) is 1.84. The fourth-order valence-electron chi connectivity index (χ4n) is 2.15. The van der Waals surface area contributed by atoms with Crippen LogP contribution in [0.3, 0.4) is 0 Å². The average Bonchev–Trinajstić information content (AvgIpc) is 2.55. The van der Waals surface area contributed by atoms with E-state index in [1.807, 2.05) is 25.1 Å². The number of nitrogens with zero attached hydrogens (tertiary/aromatic N) is 3. The summed E-state index contributed by atoms with van der Waals surface area (Å²) < 4.78 is 6.84. The summed E-state index contributed by atoms with van der Waals surface area (Å²) in [5, 5.41) is 1.44. The zero-order valence-electron chi connectivity index (χ0n) is 12.3. The summed E-state index contributed by atoms with van der Waals surface area (Å²) >= 11 is 1.50. The predicted molar refractivity (Wildman–Crippen MR) is 87.4 cm³/mol. The van der Waals surface area contributed by atoms with Gasteiger partial charge in [-0.15, -0.1) is 0 Å². The SMILES string of the molecule is COc1ccc2nc(C)n(CSc3ccccn3)c(=O)c2c1. The lowest BCUT2D eigenvalue weighted by atomic mass is 10.2. The molecule has 6 heteroatoms. The minimum absolute atomic E-state index is 0.0650. The number of pyridine rings is 1. The summed E-state index contributed by atoms with van der Waals surface area (Å²) in [4.78, 5) is 21.4. The van der Waals surface area contributed by atoms with E-state index in [-0.39, 0.29) is 5.56 Å². The number of ether oxygens (including phenoxy) is 1. The van der Waals surface area contributed by atoms with Crippen LogP contribution in [0, 0.1) is 6.92 Å². The summed E-state index contributed by atoms with van der Waals surface area (Å²) in [6, 6.07) is 11.0. The van der Waals surface area contributed by atoms with Gasteiger partial charge in [-0.05, 0) is 37.3 Å². The molecule has 0 aliphatic carbocycles. The first-order chi connectivity index (χ1) is 10.7. The number of aryl methyl sites for hydroxylation is 1. The summed E-state index contributed by atoms with van der Waals surface area (Å²) in [5.74, 6) is 1.81. The van der Waals surface area contributed by atoms with E-state index in [0.29, 0.717) is 28.4 Å². The van der Waals surface area contributed by atoms with Crippen LogP contribution in [0.1, 0.15) is 5.82 Å². The number of hydrogen-bond acceptors (Lipinski definition) is 5. The third-order valence-electron chi connectivity index (χ3n) is 3.33. The Kier molecular flexibility index (Phi) is 4.11. The van der Waals surface area contributed by atoms with Gasteiger partial charge in [0.1, 0.15) is 11.6 Å². The molecule has 2 heterocycles. The van der Waals surface area contributed by atoms with Crippen LogP contribution in [0.2, 0.25) is 0 Å². The van der Waals surface area contributed by atoms with E-state index < -0.39 is 0 Å². The molecule has 0 atom stereocenters. The van der Waals surface area contributed by atoms with E-state index in [0.717, 1.165) is 5.03 Å². The van der Waals surface area contributed by atoms with Gasteiger partial charge in [0.05, 0.1) is 28.9 Å². The molecule has 22 heavy (non-hydrogen) atoms. The highest BCUT2D eigenvalue weighted by atomic mass is 32.2. The zero-order valence-corrected chi connectivity index (χ0v) is 13.1. The van der Waals surface area contributed by atoms with Crippen LogP contribution < -0.4 is 10.3 Å². The van der Waals surface area contributed by atoms with Crippen molar-refractivity contribution in [1.29, 1.82) is 0 Å². The third kappa shape index (κ3) is 2.82. The lowest BCUT2D eigenvalue weighted by Crippen LogP contribution is -2.23. The molecular formula is C16H15N3O2S. The number of fused-ring (bicyclic) bond motifs is 1. The fourth-order valence-corrected chi connectivity index (χ4v) is 3.03. The first-order valence-corrected chi connectivity index (χ1v) is 7.76. The van der Waals surface area contributed by atoms with Crippen molar-refractivity contribution >= 4 is 22.7 Å². The molecule has 2 aromatic heterocycles. The van der Waals surface area contributed by atoms with Crippen molar-refractivity contribution in [2.45, 2.75) is 17.8 Å². The van der Waals surface area contributed by atoms with Gasteiger partial charge < -0.3 is 4.74 Å². The van der Waals surface area contributed by atoms with Crippen molar-refractivity contribution in [1.82, 2.24) is 14.5 Å². The van der Waals surface area contributed by atoms with Gasteiger partial charge in [0.25, 0.3) is 5.56 Å². The van der Waals surface area contributed by atoms with E-state index in [2.05, 4.69) is 9.97 Å². The number of thioether (sulfide) groups is 1.